The molecule has 0 aromatic heterocycles. The molecule has 9 heteroatoms. The highest BCUT2D eigenvalue weighted by Gasteiger charge is 2.20. The van der Waals surface area contributed by atoms with Crippen molar-refractivity contribution >= 4 is 31.4 Å². The second-order valence-corrected chi connectivity index (χ2v) is 9.20. The van der Waals surface area contributed by atoms with Gasteiger partial charge >= 0.3 is 0 Å². The van der Waals surface area contributed by atoms with Gasteiger partial charge in [0.15, 0.2) is 0 Å². The van der Waals surface area contributed by atoms with Crippen LogP contribution in [0.25, 0.3) is 0 Å². The predicted octanol–water partition coefficient (Wildman–Crippen LogP) is 2.20. The lowest BCUT2D eigenvalue weighted by Crippen LogP contribution is -2.24. The standard InChI is InChI=1S/C16H20N2O5S2/c1-12-5-10-15(23-3)16(11-12)25(21,22)17-13-6-8-14(9-7-13)18(2)24(4,19)20/h5-11,17H,1-4H3. The molecule has 25 heavy (non-hydrogen) atoms. The third-order valence-corrected chi connectivity index (χ3v) is 6.20. The van der Waals surface area contributed by atoms with Gasteiger partial charge in [-0.3, -0.25) is 9.03 Å². The van der Waals surface area contributed by atoms with Crippen molar-refractivity contribution in [2.45, 2.75) is 11.8 Å². The van der Waals surface area contributed by atoms with E-state index in [1.54, 1.807) is 19.1 Å². The number of anilines is 2. The summed E-state index contributed by atoms with van der Waals surface area (Å²) in [6.45, 7) is 1.79. The normalized spacial score (nSPS) is 11.8. The minimum atomic E-state index is -3.85. The van der Waals surface area contributed by atoms with E-state index in [0.29, 0.717) is 11.4 Å². The zero-order chi connectivity index (χ0) is 18.8. The van der Waals surface area contributed by atoms with Gasteiger partial charge in [0.25, 0.3) is 10.0 Å². The second-order valence-electron chi connectivity index (χ2n) is 5.54. The van der Waals surface area contributed by atoms with Crippen molar-refractivity contribution < 1.29 is 21.6 Å². The minimum Gasteiger partial charge on any atom is -0.495 e. The molecule has 1 N–H and O–H groups in total. The van der Waals surface area contributed by atoms with Crippen LogP contribution in [-0.4, -0.2) is 37.2 Å². The van der Waals surface area contributed by atoms with Crippen LogP contribution >= 0.6 is 0 Å². The van der Waals surface area contributed by atoms with Gasteiger partial charge in [-0.05, 0) is 48.9 Å². The Hall–Kier alpha value is -2.26. The van der Waals surface area contributed by atoms with Crippen LogP contribution in [0.3, 0.4) is 0 Å². The molecule has 0 heterocycles. The SMILES string of the molecule is COc1ccc(C)cc1S(=O)(=O)Nc1ccc(N(C)S(C)(=O)=O)cc1. The largest absolute Gasteiger partial charge is 0.495 e. The Morgan fingerprint density at radius 2 is 1.60 bits per heavy atom. The molecular formula is C16H20N2O5S2. The summed E-state index contributed by atoms with van der Waals surface area (Å²) in [5, 5.41) is 0. The maximum absolute atomic E-state index is 12.6. The van der Waals surface area contributed by atoms with Gasteiger partial charge in [-0.2, -0.15) is 0 Å². The summed E-state index contributed by atoms with van der Waals surface area (Å²) in [5.41, 5.74) is 1.53. The van der Waals surface area contributed by atoms with E-state index in [9.17, 15) is 16.8 Å². The van der Waals surface area contributed by atoms with E-state index in [2.05, 4.69) is 4.72 Å². The highest BCUT2D eigenvalue weighted by Crippen LogP contribution is 2.27. The van der Waals surface area contributed by atoms with Crippen molar-refractivity contribution in [3.8, 4) is 5.75 Å². The van der Waals surface area contributed by atoms with E-state index in [4.69, 9.17) is 4.74 Å². The van der Waals surface area contributed by atoms with Crippen molar-refractivity contribution in [3.05, 3.63) is 48.0 Å². The van der Waals surface area contributed by atoms with Crippen LogP contribution in [-0.2, 0) is 20.0 Å². The van der Waals surface area contributed by atoms with Crippen molar-refractivity contribution in [3.63, 3.8) is 0 Å². The molecule has 0 aliphatic heterocycles. The molecule has 2 rings (SSSR count). The van der Waals surface area contributed by atoms with E-state index in [1.165, 1.54) is 44.5 Å². The minimum absolute atomic E-state index is 0.0346. The lowest BCUT2D eigenvalue weighted by atomic mass is 10.2. The highest BCUT2D eigenvalue weighted by molar-refractivity contribution is 7.93. The van der Waals surface area contributed by atoms with E-state index in [0.717, 1.165) is 16.1 Å². The number of hydrogen-bond acceptors (Lipinski definition) is 5. The summed E-state index contributed by atoms with van der Waals surface area (Å²) in [6.07, 6.45) is 1.09. The van der Waals surface area contributed by atoms with Crippen LogP contribution in [0, 0.1) is 6.92 Å². The average molecular weight is 384 g/mol. The number of methoxy groups -OCH3 is 1. The molecule has 0 unspecified atom stereocenters. The van der Waals surface area contributed by atoms with Crippen LogP contribution in [0.5, 0.6) is 5.75 Å². The Morgan fingerprint density at radius 3 is 2.12 bits per heavy atom. The fourth-order valence-electron chi connectivity index (χ4n) is 2.13. The average Bonchev–Trinajstić information content (AvgIpc) is 2.53. The first-order valence-corrected chi connectivity index (χ1v) is 10.6. The molecule has 0 bridgehead atoms. The lowest BCUT2D eigenvalue weighted by Gasteiger charge is -2.17. The fourth-order valence-corrected chi connectivity index (χ4v) is 3.95. The monoisotopic (exact) mass is 384 g/mol. The van der Waals surface area contributed by atoms with E-state index in [-0.39, 0.29) is 10.6 Å². The van der Waals surface area contributed by atoms with Crippen LogP contribution in [0.15, 0.2) is 47.4 Å². The molecule has 136 valence electrons. The van der Waals surface area contributed by atoms with Crippen molar-refractivity contribution in [2.24, 2.45) is 0 Å². The van der Waals surface area contributed by atoms with Gasteiger partial charge in [0.1, 0.15) is 10.6 Å². The molecule has 0 saturated heterocycles. The molecule has 0 saturated carbocycles. The Labute approximate surface area is 148 Å². The number of rotatable bonds is 6. The Kier molecular flexibility index (Phi) is 5.28. The van der Waals surface area contributed by atoms with Crippen LogP contribution < -0.4 is 13.8 Å². The first-order chi connectivity index (χ1) is 11.5. The molecule has 0 aliphatic rings. The number of ether oxygens (including phenoxy) is 1. The topological polar surface area (TPSA) is 92.8 Å². The van der Waals surface area contributed by atoms with E-state index < -0.39 is 20.0 Å². The molecule has 0 aliphatic carbocycles. The third kappa shape index (κ3) is 4.43. The molecule has 0 fully saturated rings. The number of aryl methyl sites for hydroxylation is 1. The van der Waals surface area contributed by atoms with Gasteiger partial charge in [0.2, 0.25) is 10.0 Å². The van der Waals surface area contributed by atoms with Gasteiger partial charge in [-0.25, -0.2) is 16.8 Å². The lowest BCUT2D eigenvalue weighted by molar-refractivity contribution is 0.402. The summed E-state index contributed by atoms with van der Waals surface area (Å²) < 4.78 is 57.0. The van der Waals surface area contributed by atoms with Gasteiger partial charge in [0, 0.05) is 12.7 Å². The molecule has 7 nitrogen and oxygen atoms in total. The Morgan fingerprint density at radius 1 is 1.00 bits per heavy atom. The first-order valence-electron chi connectivity index (χ1n) is 7.26. The van der Waals surface area contributed by atoms with Crippen LogP contribution in [0.4, 0.5) is 11.4 Å². The summed E-state index contributed by atoms with van der Waals surface area (Å²) >= 11 is 0. The second kappa shape index (κ2) is 6.93. The zero-order valence-corrected chi connectivity index (χ0v) is 16.0. The van der Waals surface area contributed by atoms with Gasteiger partial charge in [-0.15, -0.1) is 0 Å². The maximum atomic E-state index is 12.6. The first kappa shape index (κ1) is 19.1. The van der Waals surface area contributed by atoms with Crippen LogP contribution in [0.1, 0.15) is 5.56 Å². The number of nitrogens with one attached hydrogen (secondary N) is 1. The number of benzene rings is 2. The molecule has 0 radical (unpaired) electrons. The van der Waals surface area contributed by atoms with Gasteiger partial charge in [-0.1, -0.05) is 6.07 Å². The smallest absolute Gasteiger partial charge is 0.265 e. The van der Waals surface area contributed by atoms with E-state index in [1.807, 2.05) is 0 Å². The predicted molar refractivity (Wildman–Crippen MR) is 98.2 cm³/mol. The Bertz CT molecular complexity index is 968. The summed E-state index contributed by atoms with van der Waals surface area (Å²) in [5.74, 6) is 0.242. The molecule has 0 atom stereocenters. The molecular weight excluding hydrogens is 364 g/mol. The third-order valence-electron chi connectivity index (χ3n) is 3.59. The van der Waals surface area contributed by atoms with Crippen molar-refractivity contribution in [2.75, 3.05) is 29.4 Å². The number of sulfonamides is 2. The molecule has 0 spiro atoms. The van der Waals surface area contributed by atoms with Crippen molar-refractivity contribution in [1.29, 1.82) is 0 Å². The number of nitrogens with zero attached hydrogens (tertiary/aromatic N) is 1. The zero-order valence-electron chi connectivity index (χ0n) is 14.3. The number of hydrogen-bond donors (Lipinski definition) is 1. The summed E-state index contributed by atoms with van der Waals surface area (Å²) in [4.78, 5) is 0.0346. The summed E-state index contributed by atoms with van der Waals surface area (Å²) in [6, 6.07) is 10.9. The molecule has 0 amide bonds. The van der Waals surface area contributed by atoms with Gasteiger partial charge in [0.05, 0.1) is 19.1 Å². The van der Waals surface area contributed by atoms with Gasteiger partial charge < -0.3 is 4.74 Å². The molecule has 2 aromatic carbocycles. The van der Waals surface area contributed by atoms with E-state index >= 15 is 0 Å². The molecule has 2 aromatic rings. The van der Waals surface area contributed by atoms with Crippen molar-refractivity contribution in [1.82, 2.24) is 0 Å². The Balaban J connectivity index is 2.32. The quantitative estimate of drug-likeness (QED) is 0.824. The van der Waals surface area contributed by atoms with Crippen LogP contribution in [0.2, 0.25) is 0 Å². The maximum Gasteiger partial charge on any atom is 0.265 e. The fraction of sp³-hybridized carbons (Fsp3) is 0.250. The summed E-state index contributed by atoms with van der Waals surface area (Å²) in [7, 11) is -4.40. The highest BCUT2D eigenvalue weighted by atomic mass is 32.2.